The number of anilines is 1. The number of nitrogens with zero attached hydrogens (tertiary/aromatic N) is 4. The molecule has 1 aliphatic heterocycles. The van der Waals surface area contributed by atoms with Gasteiger partial charge in [-0.1, -0.05) is 53.4 Å². The highest BCUT2D eigenvalue weighted by molar-refractivity contribution is 8.01. The molecule has 0 atom stereocenters. The normalized spacial score (nSPS) is 13.7. The summed E-state index contributed by atoms with van der Waals surface area (Å²) in [6, 6.07) is 17.5. The first kappa shape index (κ1) is 24.1. The molecule has 1 fully saturated rings. The molecule has 3 heterocycles. The van der Waals surface area contributed by atoms with E-state index in [2.05, 4.69) is 20.4 Å². The van der Waals surface area contributed by atoms with Gasteiger partial charge < -0.3 is 24.3 Å². The van der Waals surface area contributed by atoms with E-state index in [4.69, 9.17) is 9.15 Å². The zero-order chi connectivity index (χ0) is 24.7. The van der Waals surface area contributed by atoms with E-state index in [1.807, 2.05) is 53.4 Å². The van der Waals surface area contributed by atoms with Crippen molar-refractivity contribution in [3.05, 3.63) is 66.6 Å². The molecular weight excluding hydrogens is 498 g/mol. The smallest absolute Gasteiger partial charge is 0.260 e. The third kappa shape index (κ3) is 6.16. The van der Waals surface area contributed by atoms with Gasteiger partial charge in [0.05, 0.1) is 18.6 Å². The molecule has 0 saturated carbocycles. The molecule has 0 radical (unpaired) electrons. The molecule has 186 valence electrons. The Morgan fingerprint density at radius 2 is 1.86 bits per heavy atom. The van der Waals surface area contributed by atoms with Crippen LogP contribution in [0, 0.1) is 0 Å². The lowest BCUT2D eigenvalue weighted by molar-refractivity contribution is -0.133. The summed E-state index contributed by atoms with van der Waals surface area (Å²) in [6.45, 7) is 2.91. The van der Waals surface area contributed by atoms with Crippen LogP contribution in [0.2, 0.25) is 0 Å². The van der Waals surface area contributed by atoms with Gasteiger partial charge in [-0.2, -0.15) is 0 Å². The van der Waals surface area contributed by atoms with Crippen LogP contribution in [-0.2, 0) is 16.1 Å². The average molecular weight is 524 g/mol. The highest BCUT2D eigenvalue weighted by Crippen LogP contribution is 2.28. The molecular formula is C25H25N5O4S2. The van der Waals surface area contributed by atoms with Crippen LogP contribution in [0.3, 0.4) is 0 Å². The van der Waals surface area contributed by atoms with Gasteiger partial charge in [0.1, 0.15) is 11.5 Å². The van der Waals surface area contributed by atoms with E-state index in [1.54, 1.807) is 12.3 Å². The summed E-state index contributed by atoms with van der Waals surface area (Å²) in [5.74, 6) is 1.54. The second kappa shape index (κ2) is 11.4. The number of piperazine rings is 1. The molecule has 0 unspecified atom stereocenters. The summed E-state index contributed by atoms with van der Waals surface area (Å²) in [5.41, 5.74) is 0. The molecule has 2 aromatic heterocycles. The highest BCUT2D eigenvalue weighted by Gasteiger charge is 2.24. The van der Waals surface area contributed by atoms with Crippen molar-refractivity contribution in [2.45, 2.75) is 10.9 Å². The van der Waals surface area contributed by atoms with Crippen molar-refractivity contribution < 1.29 is 18.7 Å². The van der Waals surface area contributed by atoms with Crippen molar-refractivity contribution in [3.8, 4) is 5.75 Å². The van der Waals surface area contributed by atoms with Crippen molar-refractivity contribution >= 4 is 50.8 Å². The number of furan rings is 1. The van der Waals surface area contributed by atoms with Gasteiger partial charge in [-0.15, -0.1) is 10.2 Å². The van der Waals surface area contributed by atoms with Gasteiger partial charge in [0.25, 0.3) is 5.91 Å². The van der Waals surface area contributed by atoms with Gasteiger partial charge in [-0.25, -0.2) is 0 Å². The Morgan fingerprint density at radius 3 is 2.67 bits per heavy atom. The summed E-state index contributed by atoms with van der Waals surface area (Å²) in [7, 11) is 0. The maximum absolute atomic E-state index is 12.7. The van der Waals surface area contributed by atoms with Crippen LogP contribution in [0.5, 0.6) is 5.75 Å². The largest absolute Gasteiger partial charge is 0.484 e. The Bertz CT molecular complexity index is 1320. The first-order valence-electron chi connectivity index (χ1n) is 11.5. The van der Waals surface area contributed by atoms with E-state index in [1.165, 1.54) is 23.1 Å². The molecule has 1 saturated heterocycles. The van der Waals surface area contributed by atoms with Gasteiger partial charge in [0, 0.05) is 26.2 Å². The Morgan fingerprint density at radius 1 is 1.03 bits per heavy atom. The first-order valence-corrected chi connectivity index (χ1v) is 13.3. The fourth-order valence-electron chi connectivity index (χ4n) is 3.81. The number of rotatable bonds is 9. The predicted molar refractivity (Wildman–Crippen MR) is 139 cm³/mol. The maximum atomic E-state index is 12.7. The molecule has 5 rings (SSSR count). The van der Waals surface area contributed by atoms with E-state index in [0.29, 0.717) is 44.2 Å². The molecule has 11 heteroatoms. The lowest BCUT2D eigenvalue weighted by Gasteiger charge is -2.34. The molecule has 0 bridgehead atoms. The second-order valence-corrected chi connectivity index (χ2v) is 10.3. The van der Waals surface area contributed by atoms with Gasteiger partial charge in [-0.3, -0.25) is 9.59 Å². The second-order valence-electron chi connectivity index (χ2n) is 8.16. The fourth-order valence-corrected chi connectivity index (χ4v) is 5.53. The number of benzene rings is 2. The zero-order valence-corrected chi connectivity index (χ0v) is 21.1. The number of nitrogens with one attached hydrogen (secondary N) is 1. The Labute approximate surface area is 216 Å². The Hall–Kier alpha value is -3.57. The van der Waals surface area contributed by atoms with Crippen molar-refractivity contribution in [2.24, 2.45) is 0 Å². The van der Waals surface area contributed by atoms with Crippen LogP contribution in [0.1, 0.15) is 5.76 Å². The average Bonchev–Trinajstić information content (AvgIpc) is 3.62. The zero-order valence-electron chi connectivity index (χ0n) is 19.5. The Kier molecular flexibility index (Phi) is 7.67. The summed E-state index contributed by atoms with van der Waals surface area (Å²) >= 11 is 2.81. The molecule has 2 amide bonds. The molecule has 9 nitrogen and oxygen atoms in total. The number of aromatic nitrogens is 2. The number of ether oxygens (including phenoxy) is 1. The van der Waals surface area contributed by atoms with E-state index >= 15 is 0 Å². The van der Waals surface area contributed by atoms with Crippen molar-refractivity contribution in [1.29, 1.82) is 0 Å². The molecule has 2 aromatic carbocycles. The highest BCUT2D eigenvalue weighted by atomic mass is 32.2. The van der Waals surface area contributed by atoms with E-state index < -0.39 is 0 Å². The predicted octanol–water partition coefficient (Wildman–Crippen LogP) is 3.42. The van der Waals surface area contributed by atoms with Gasteiger partial charge >= 0.3 is 0 Å². The van der Waals surface area contributed by atoms with Crippen molar-refractivity contribution in [2.75, 3.05) is 43.4 Å². The van der Waals surface area contributed by atoms with Crippen LogP contribution in [0.25, 0.3) is 10.8 Å². The molecule has 0 spiro atoms. The molecule has 36 heavy (non-hydrogen) atoms. The monoisotopic (exact) mass is 523 g/mol. The number of hydrogen-bond acceptors (Lipinski definition) is 9. The van der Waals surface area contributed by atoms with E-state index in [9.17, 15) is 9.59 Å². The third-order valence-corrected chi connectivity index (χ3v) is 7.87. The number of amides is 2. The minimum Gasteiger partial charge on any atom is -0.484 e. The molecule has 0 aliphatic carbocycles. The van der Waals surface area contributed by atoms with Crippen LogP contribution < -0.4 is 15.0 Å². The molecule has 4 aromatic rings. The third-order valence-electron chi connectivity index (χ3n) is 5.75. The van der Waals surface area contributed by atoms with Crippen LogP contribution in [0.4, 0.5) is 5.13 Å². The number of hydrogen-bond donors (Lipinski definition) is 1. The summed E-state index contributed by atoms with van der Waals surface area (Å²) in [6.07, 6.45) is 1.58. The summed E-state index contributed by atoms with van der Waals surface area (Å²) < 4.78 is 11.7. The number of carbonyl (C=O) groups excluding carboxylic acids is 2. The van der Waals surface area contributed by atoms with E-state index in [-0.39, 0.29) is 24.2 Å². The van der Waals surface area contributed by atoms with Gasteiger partial charge in [0.2, 0.25) is 11.0 Å². The molecule has 1 aliphatic rings. The first-order chi connectivity index (χ1) is 17.6. The minimum atomic E-state index is -0.0915. The standard InChI is InChI=1S/C25H25N5O4S2/c31-22(26-15-21-6-3-13-33-21)17-35-25-28-27-24(36-25)30-11-9-29(10-12-30)23(32)16-34-20-8-7-18-4-1-2-5-19(18)14-20/h1-8,13-14H,9-12,15-17H2,(H,26,31). The minimum absolute atomic E-state index is 0.0138. The van der Waals surface area contributed by atoms with Crippen LogP contribution in [-0.4, -0.2) is 65.5 Å². The van der Waals surface area contributed by atoms with Crippen LogP contribution >= 0.6 is 23.1 Å². The SMILES string of the molecule is O=C(CSc1nnc(N2CCN(C(=O)COc3ccc4ccccc4c3)CC2)s1)NCc1ccco1. The topological polar surface area (TPSA) is 101 Å². The van der Waals surface area contributed by atoms with Crippen LogP contribution in [0.15, 0.2) is 69.6 Å². The van der Waals surface area contributed by atoms with E-state index in [0.717, 1.165) is 20.2 Å². The number of carbonyl (C=O) groups is 2. The van der Waals surface area contributed by atoms with Crippen molar-refractivity contribution in [1.82, 2.24) is 20.4 Å². The lowest BCUT2D eigenvalue weighted by Crippen LogP contribution is -2.50. The van der Waals surface area contributed by atoms with Gasteiger partial charge in [-0.05, 0) is 35.0 Å². The number of thioether (sulfide) groups is 1. The lowest BCUT2D eigenvalue weighted by atomic mass is 10.1. The summed E-state index contributed by atoms with van der Waals surface area (Å²) in [4.78, 5) is 28.7. The Balaban J connectivity index is 1.04. The van der Waals surface area contributed by atoms with Crippen molar-refractivity contribution in [3.63, 3.8) is 0 Å². The molecule has 1 N–H and O–H groups in total. The number of fused-ring (bicyclic) bond motifs is 1. The maximum Gasteiger partial charge on any atom is 0.260 e. The fraction of sp³-hybridized carbons (Fsp3) is 0.280. The van der Waals surface area contributed by atoms with Gasteiger partial charge in [0.15, 0.2) is 10.9 Å². The summed E-state index contributed by atoms with van der Waals surface area (Å²) in [5, 5.41) is 14.3. The quantitative estimate of drug-likeness (QED) is 0.333.